The van der Waals surface area contributed by atoms with E-state index in [0.29, 0.717) is 0 Å². The first-order chi connectivity index (χ1) is 12.8. The van der Waals surface area contributed by atoms with Crippen LogP contribution in [-0.4, -0.2) is 41.1 Å². The fourth-order valence-electron chi connectivity index (χ4n) is 4.19. The lowest BCUT2D eigenvalue weighted by molar-refractivity contribution is 0.509. The van der Waals surface area contributed by atoms with Crippen molar-refractivity contribution >= 4 is 33.2 Å². The van der Waals surface area contributed by atoms with Crippen molar-refractivity contribution in [3.63, 3.8) is 0 Å². The maximum atomic E-state index is 4.72. The van der Waals surface area contributed by atoms with Gasteiger partial charge in [-0.1, -0.05) is 13.0 Å². The standard InChI is InChI=1S/C20H23N5S/c1-14-5-6-15-16(12-14)26-20-18(15)19(22-13-23-20)25-10-8-24(9-11-25)17-4-2-3-7-21-17/h2-4,7,13-14H,5-6,8-12H2,1H3/t14-/m1/s1. The van der Waals surface area contributed by atoms with Gasteiger partial charge in [-0.2, -0.15) is 0 Å². The van der Waals surface area contributed by atoms with Crippen LogP contribution in [0.3, 0.4) is 0 Å². The van der Waals surface area contributed by atoms with Crippen LogP contribution in [0.5, 0.6) is 0 Å². The summed E-state index contributed by atoms with van der Waals surface area (Å²) in [6, 6.07) is 6.12. The minimum Gasteiger partial charge on any atom is -0.353 e. The number of fused-ring (bicyclic) bond motifs is 3. The van der Waals surface area contributed by atoms with Crippen molar-refractivity contribution in [3.8, 4) is 0 Å². The fraction of sp³-hybridized carbons (Fsp3) is 0.450. The summed E-state index contributed by atoms with van der Waals surface area (Å²) in [6.07, 6.45) is 7.26. The Kier molecular flexibility index (Phi) is 4.00. The van der Waals surface area contributed by atoms with E-state index in [4.69, 9.17) is 4.98 Å². The number of piperazine rings is 1. The first-order valence-electron chi connectivity index (χ1n) is 9.46. The van der Waals surface area contributed by atoms with Gasteiger partial charge < -0.3 is 9.80 Å². The molecule has 4 heterocycles. The van der Waals surface area contributed by atoms with Crippen molar-refractivity contribution < 1.29 is 0 Å². The van der Waals surface area contributed by atoms with Crippen LogP contribution in [0.15, 0.2) is 30.7 Å². The van der Waals surface area contributed by atoms with Crippen LogP contribution in [0.1, 0.15) is 23.8 Å². The van der Waals surface area contributed by atoms with E-state index in [-0.39, 0.29) is 0 Å². The quantitative estimate of drug-likeness (QED) is 0.695. The number of hydrogen-bond donors (Lipinski definition) is 0. The lowest BCUT2D eigenvalue weighted by Crippen LogP contribution is -2.47. The van der Waals surface area contributed by atoms with Crippen molar-refractivity contribution in [3.05, 3.63) is 41.2 Å². The maximum absolute atomic E-state index is 4.72. The Balaban J connectivity index is 1.43. The van der Waals surface area contributed by atoms with E-state index in [1.807, 2.05) is 23.6 Å². The lowest BCUT2D eigenvalue weighted by Gasteiger charge is -2.36. The van der Waals surface area contributed by atoms with Crippen molar-refractivity contribution in [1.29, 1.82) is 0 Å². The molecule has 0 saturated carbocycles. The molecule has 1 saturated heterocycles. The summed E-state index contributed by atoms with van der Waals surface area (Å²) >= 11 is 1.88. The summed E-state index contributed by atoms with van der Waals surface area (Å²) in [7, 11) is 0. The van der Waals surface area contributed by atoms with Crippen LogP contribution in [0.4, 0.5) is 11.6 Å². The number of rotatable bonds is 2. The number of aryl methyl sites for hydroxylation is 1. The van der Waals surface area contributed by atoms with Crippen LogP contribution in [0, 0.1) is 5.92 Å². The molecule has 1 fully saturated rings. The summed E-state index contributed by atoms with van der Waals surface area (Å²) in [5, 5.41) is 1.32. The number of pyridine rings is 1. The summed E-state index contributed by atoms with van der Waals surface area (Å²) in [5.74, 6) is 3.00. The third kappa shape index (κ3) is 2.72. The van der Waals surface area contributed by atoms with E-state index in [0.717, 1.165) is 43.7 Å². The Bertz CT molecular complexity index is 915. The number of aromatic nitrogens is 3. The highest BCUT2D eigenvalue weighted by Gasteiger charge is 2.26. The van der Waals surface area contributed by atoms with Gasteiger partial charge >= 0.3 is 0 Å². The zero-order chi connectivity index (χ0) is 17.5. The number of nitrogens with zero attached hydrogens (tertiary/aromatic N) is 5. The molecule has 1 aliphatic carbocycles. The van der Waals surface area contributed by atoms with Gasteiger partial charge in [0.2, 0.25) is 0 Å². The van der Waals surface area contributed by atoms with Gasteiger partial charge in [0.05, 0.1) is 5.39 Å². The highest BCUT2D eigenvalue weighted by Crippen LogP contribution is 2.40. The van der Waals surface area contributed by atoms with Gasteiger partial charge in [0.15, 0.2) is 0 Å². The van der Waals surface area contributed by atoms with Gasteiger partial charge in [0, 0.05) is 37.3 Å². The van der Waals surface area contributed by atoms with Crippen LogP contribution < -0.4 is 9.80 Å². The third-order valence-electron chi connectivity index (χ3n) is 5.62. The molecule has 5 nitrogen and oxygen atoms in total. The molecule has 0 bridgehead atoms. The molecule has 0 unspecified atom stereocenters. The molecule has 0 radical (unpaired) electrons. The van der Waals surface area contributed by atoms with Gasteiger partial charge in [-0.25, -0.2) is 15.0 Å². The second kappa shape index (κ2) is 6.50. The molecule has 0 N–H and O–H groups in total. The average molecular weight is 366 g/mol. The molecule has 3 aromatic heterocycles. The molecule has 134 valence electrons. The molecule has 26 heavy (non-hydrogen) atoms. The summed E-state index contributed by atoms with van der Waals surface area (Å²) in [6.45, 7) is 6.27. The van der Waals surface area contributed by atoms with Crippen LogP contribution in [0.2, 0.25) is 0 Å². The van der Waals surface area contributed by atoms with E-state index in [2.05, 4.69) is 38.8 Å². The largest absolute Gasteiger partial charge is 0.353 e. The lowest BCUT2D eigenvalue weighted by atomic mass is 9.89. The Morgan fingerprint density at radius 3 is 2.69 bits per heavy atom. The first-order valence-corrected chi connectivity index (χ1v) is 10.3. The molecular weight excluding hydrogens is 342 g/mol. The van der Waals surface area contributed by atoms with Crippen LogP contribution >= 0.6 is 11.3 Å². The molecular formula is C20H23N5S. The SMILES string of the molecule is C[C@@H]1CCc2c(sc3ncnc(N4CCN(c5ccccn5)CC4)c23)C1. The summed E-state index contributed by atoms with van der Waals surface area (Å²) < 4.78 is 0. The smallest absolute Gasteiger partial charge is 0.141 e. The van der Waals surface area contributed by atoms with Gasteiger partial charge in [-0.05, 0) is 42.9 Å². The zero-order valence-electron chi connectivity index (χ0n) is 15.1. The Morgan fingerprint density at radius 1 is 1.04 bits per heavy atom. The topological polar surface area (TPSA) is 45.2 Å². The minimum absolute atomic E-state index is 0.786. The number of hydrogen-bond acceptors (Lipinski definition) is 6. The summed E-state index contributed by atoms with van der Waals surface area (Å²) in [4.78, 5) is 21.3. The molecule has 2 aliphatic rings. The van der Waals surface area contributed by atoms with Crippen molar-refractivity contribution in [2.24, 2.45) is 5.92 Å². The van der Waals surface area contributed by atoms with E-state index in [9.17, 15) is 0 Å². The van der Waals surface area contributed by atoms with Crippen molar-refractivity contribution in [2.75, 3.05) is 36.0 Å². The van der Waals surface area contributed by atoms with Crippen LogP contribution in [0.25, 0.3) is 10.2 Å². The molecule has 1 atom stereocenters. The van der Waals surface area contributed by atoms with Crippen molar-refractivity contribution in [1.82, 2.24) is 15.0 Å². The normalized spacial score (nSPS) is 20.4. The third-order valence-corrected chi connectivity index (χ3v) is 6.79. The monoisotopic (exact) mass is 365 g/mol. The molecule has 5 rings (SSSR count). The van der Waals surface area contributed by atoms with E-state index < -0.39 is 0 Å². The number of anilines is 2. The molecule has 0 amide bonds. The van der Waals surface area contributed by atoms with E-state index >= 15 is 0 Å². The predicted molar refractivity (Wildman–Crippen MR) is 107 cm³/mol. The van der Waals surface area contributed by atoms with Gasteiger partial charge in [0.25, 0.3) is 0 Å². The Hall–Kier alpha value is -2.21. The van der Waals surface area contributed by atoms with Gasteiger partial charge in [-0.3, -0.25) is 0 Å². The van der Waals surface area contributed by atoms with E-state index in [1.165, 1.54) is 39.9 Å². The Labute approximate surface area is 157 Å². The first kappa shape index (κ1) is 16.0. The van der Waals surface area contributed by atoms with Gasteiger partial charge in [0.1, 0.15) is 22.8 Å². The average Bonchev–Trinajstić information content (AvgIpc) is 3.06. The minimum atomic E-state index is 0.786. The van der Waals surface area contributed by atoms with Gasteiger partial charge in [-0.15, -0.1) is 11.3 Å². The second-order valence-electron chi connectivity index (χ2n) is 7.39. The van der Waals surface area contributed by atoms with E-state index in [1.54, 1.807) is 6.33 Å². The summed E-state index contributed by atoms with van der Waals surface area (Å²) in [5.41, 5.74) is 1.52. The molecule has 1 aliphatic heterocycles. The number of thiophene rings is 1. The predicted octanol–water partition coefficient (Wildman–Crippen LogP) is 3.54. The zero-order valence-corrected chi connectivity index (χ0v) is 15.9. The Morgan fingerprint density at radius 2 is 1.88 bits per heavy atom. The second-order valence-corrected chi connectivity index (χ2v) is 8.47. The molecule has 6 heteroatoms. The molecule has 0 spiro atoms. The molecule has 0 aromatic carbocycles. The highest BCUT2D eigenvalue weighted by molar-refractivity contribution is 7.19. The maximum Gasteiger partial charge on any atom is 0.141 e. The van der Waals surface area contributed by atoms with Crippen LogP contribution in [-0.2, 0) is 12.8 Å². The van der Waals surface area contributed by atoms with Crippen molar-refractivity contribution in [2.45, 2.75) is 26.2 Å². The molecule has 3 aromatic rings. The highest BCUT2D eigenvalue weighted by atomic mass is 32.1. The fourth-order valence-corrected chi connectivity index (χ4v) is 5.53.